The fourth-order valence-electron chi connectivity index (χ4n) is 2.40. The minimum absolute atomic E-state index is 0.219. The second-order valence-corrected chi connectivity index (χ2v) is 6.37. The van der Waals surface area contributed by atoms with Crippen LogP contribution in [0, 0.1) is 6.92 Å². The lowest BCUT2D eigenvalue weighted by molar-refractivity contribution is 0.215. The van der Waals surface area contributed by atoms with Crippen molar-refractivity contribution in [1.29, 1.82) is 0 Å². The first-order valence-electron chi connectivity index (χ1n) is 6.95. The first kappa shape index (κ1) is 13.4. The molecule has 0 saturated heterocycles. The van der Waals surface area contributed by atoms with Gasteiger partial charge in [0.2, 0.25) is 0 Å². The van der Waals surface area contributed by atoms with Crippen molar-refractivity contribution in [3.8, 4) is 5.75 Å². The summed E-state index contributed by atoms with van der Waals surface area (Å²) in [5, 5.41) is 3.52. The maximum Gasteiger partial charge on any atom is 0.123 e. The molecule has 1 aromatic rings. The highest BCUT2D eigenvalue weighted by molar-refractivity contribution is 5.40. The lowest BCUT2D eigenvalue weighted by atomic mass is 10.0. The molecule has 0 aliphatic carbocycles. The van der Waals surface area contributed by atoms with Gasteiger partial charge >= 0.3 is 0 Å². The molecule has 0 spiro atoms. The van der Waals surface area contributed by atoms with Crippen LogP contribution in [0.4, 0.5) is 0 Å². The van der Waals surface area contributed by atoms with Crippen molar-refractivity contribution in [2.75, 3.05) is 6.54 Å². The largest absolute Gasteiger partial charge is 0.490 e. The Labute approximate surface area is 111 Å². The summed E-state index contributed by atoms with van der Waals surface area (Å²) in [4.78, 5) is 0. The highest BCUT2D eigenvalue weighted by Gasteiger charge is 2.22. The van der Waals surface area contributed by atoms with Crippen molar-refractivity contribution in [2.24, 2.45) is 0 Å². The molecule has 2 rings (SSSR count). The molecule has 18 heavy (non-hydrogen) atoms. The van der Waals surface area contributed by atoms with Crippen molar-refractivity contribution in [3.05, 3.63) is 29.3 Å². The predicted octanol–water partition coefficient (Wildman–Crippen LogP) is 3.47. The van der Waals surface area contributed by atoms with Crippen LogP contribution in [0.5, 0.6) is 5.75 Å². The third kappa shape index (κ3) is 3.74. The number of ether oxygens (including phenoxy) is 1. The van der Waals surface area contributed by atoms with Crippen molar-refractivity contribution in [1.82, 2.24) is 5.32 Å². The van der Waals surface area contributed by atoms with E-state index >= 15 is 0 Å². The average molecular weight is 247 g/mol. The number of rotatable bonds is 4. The van der Waals surface area contributed by atoms with E-state index in [0.717, 1.165) is 25.1 Å². The van der Waals surface area contributed by atoms with Gasteiger partial charge in [-0.15, -0.1) is 0 Å². The van der Waals surface area contributed by atoms with Crippen LogP contribution >= 0.6 is 0 Å². The molecule has 2 nitrogen and oxygen atoms in total. The van der Waals surface area contributed by atoms with Gasteiger partial charge in [0, 0.05) is 12.0 Å². The summed E-state index contributed by atoms with van der Waals surface area (Å²) >= 11 is 0. The van der Waals surface area contributed by atoms with Crippen LogP contribution < -0.4 is 10.1 Å². The van der Waals surface area contributed by atoms with Crippen LogP contribution in [-0.4, -0.2) is 18.2 Å². The van der Waals surface area contributed by atoms with Gasteiger partial charge in [-0.05, 0) is 58.7 Å². The Balaban J connectivity index is 1.75. The van der Waals surface area contributed by atoms with Crippen LogP contribution in [-0.2, 0) is 6.42 Å². The molecule has 0 saturated carbocycles. The Morgan fingerprint density at radius 2 is 2.11 bits per heavy atom. The molecule has 1 N–H and O–H groups in total. The number of hydrogen-bond acceptors (Lipinski definition) is 2. The molecule has 100 valence electrons. The second kappa shape index (κ2) is 5.31. The predicted molar refractivity (Wildman–Crippen MR) is 76.3 cm³/mol. The van der Waals surface area contributed by atoms with E-state index in [0.29, 0.717) is 6.10 Å². The zero-order chi connectivity index (χ0) is 13.2. The Morgan fingerprint density at radius 3 is 2.83 bits per heavy atom. The first-order chi connectivity index (χ1) is 8.44. The Kier molecular flexibility index (Phi) is 3.96. The van der Waals surface area contributed by atoms with Crippen molar-refractivity contribution in [3.63, 3.8) is 0 Å². The Morgan fingerprint density at radius 1 is 1.33 bits per heavy atom. The number of hydrogen-bond donors (Lipinski definition) is 1. The van der Waals surface area contributed by atoms with E-state index in [9.17, 15) is 0 Å². The normalized spacial score (nSPS) is 18.6. The summed E-state index contributed by atoms with van der Waals surface area (Å²) in [7, 11) is 0. The number of benzene rings is 1. The fraction of sp³-hybridized carbons (Fsp3) is 0.625. The molecule has 0 aromatic heterocycles. The third-order valence-electron chi connectivity index (χ3n) is 3.32. The van der Waals surface area contributed by atoms with Crippen molar-refractivity contribution < 1.29 is 4.74 Å². The van der Waals surface area contributed by atoms with Gasteiger partial charge in [-0.25, -0.2) is 0 Å². The molecule has 0 bridgehead atoms. The van der Waals surface area contributed by atoms with Crippen LogP contribution in [0.1, 0.15) is 44.7 Å². The fourth-order valence-corrected chi connectivity index (χ4v) is 2.40. The number of nitrogens with one attached hydrogen (secondary N) is 1. The molecule has 1 aliphatic rings. The number of aryl methyl sites for hydroxylation is 1. The summed E-state index contributed by atoms with van der Waals surface area (Å²) in [6.07, 6.45) is 3.77. The van der Waals surface area contributed by atoms with E-state index in [1.807, 2.05) is 0 Å². The van der Waals surface area contributed by atoms with Gasteiger partial charge in [-0.3, -0.25) is 0 Å². The summed E-state index contributed by atoms with van der Waals surface area (Å²) in [5.74, 6) is 1.09. The SMILES string of the molecule is Cc1ccc2c(c1)CC(CCCNC(C)(C)C)O2. The molecule has 1 aromatic carbocycles. The maximum atomic E-state index is 5.97. The van der Waals surface area contributed by atoms with Crippen molar-refractivity contribution >= 4 is 0 Å². The van der Waals surface area contributed by atoms with E-state index < -0.39 is 0 Å². The Bertz CT molecular complexity index is 406. The molecule has 0 amide bonds. The molecule has 0 radical (unpaired) electrons. The van der Waals surface area contributed by atoms with E-state index in [4.69, 9.17) is 4.74 Å². The lowest BCUT2D eigenvalue weighted by Gasteiger charge is -2.21. The van der Waals surface area contributed by atoms with Crippen LogP contribution in [0.3, 0.4) is 0 Å². The average Bonchev–Trinajstić information content (AvgIpc) is 2.65. The third-order valence-corrected chi connectivity index (χ3v) is 3.32. The summed E-state index contributed by atoms with van der Waals surface area (Å²) in [5.41, 5.74) is 2.92. The summed E-state index contributed by atoms with van der Waals surface area (Å²) in [6, 6.07) is 6.49. The monoisotopic (exact) mass is 247 g/mol. The minimum atomic E-state index is 0.219. The minimum Gasteiger partial charge on any atom is -0.490 e. The summed E-state index contributed by atoms with van der Waals surface area (Å²) < 4.78 is 5.97. The van der Waals surface area contributed by atoms with Gasteiger partial charge in [0.15, 0.2) is 0 Å². The highest BCUT2D eigenvalue weighted by atomic mass is 16.5. The molecule has 0 fully saturated rings. The maximum absolute atomic E-state index is 5.97. The number of fused-ring (bicyclic) bond motifs is 1. The highest BCUT2D eigenvalue weighted by Crippen LogP contribution is 2.30. The molecular weight excluding hydrogens is 222 g/mol. The van der Waals surface area contributed by atoms with Crippen molar-refractivity contribution in [2.45, 2.75) is 58.6 Å². The van der Waals surface area contributed by atoms with Gasteiger partial charge in [0.05, 0.1) is 0 Å². The molecular formula is C16H25NO. The molecule has 1 atom stereocenters. The van der Waals surface area contributed by atoms with E-state index in [2.05, 4.69) is 51.2 Å². The topological polar surface area (TPSA) is 21.3 Å². The van der Waals surface area contributed by atoms with Crippen LogP contribution in [0.15, 0.2) is 18.2 Å². The van der Waals surface area contributed by atoms with E-state index in [-0.39, 0.29) is 5.54 Å². The van der Waals surface area contributed by atoms with Gasteiger partial charge in [0.1, 0.15) is 11.9 Å². The summed E-state index contributed by atoms with van der Waals surface area (Å²) in [6.45, 7) is 9.83. The quantitative estimate of drug-likeness (QED) is 0.823. The second-order valence-electron chi connectivity index (χ2n) is 6.37. The zero-order valence-electron chi connectivity index (χ0n) is 12.0. The molecule has 2 heteroatoms. The first-order valence-corrected chi connectivity index (χ1v) is 6.95. The van der Waals surface area contributed by atoms with Gasteiger partial charge < -0.3 is 10.1 Å². The smallest absolute Gasteiger partial charge is 0.123 e. The van der Waals surface area contributed by atoms with Gasteiger partial charge in [-0.1, -0.05) is 17.7 Å². The molecule has 1 heterocycles. The molecule has 1 unspecified atom stereocenters. The van der Waals surface area contributed by atoms with Crippen LogP contribution in [0.2, 0.25) is 0 Å². The van der Waals surface area contributed by atoms with Crippen LogP contribution in [0.25, 0.3) is 0 Å². The van der Waals surface area contributed by atoms with E-state index in [1.54, 1.807) is 0 Å². The van der Waals surface area contributed by atoms with E-state index in [1.165, 1.54) is 17.5 Å². The van der Waals surface area contributed by atoms with Gasteiger partial charge in [0.25, 0.3) is 0 Å². The zero-order valence-corrected chi connectivity index (χ0v) is 12.0. The lowest BCUT2D eigenvalue weighted by Crippen LogP contribution is -2.36. The Hall–Kier alpha value is -1.02. The molecule has 1 aliphatic heterocycles. The van der Waals surface area contributed by atoms with Gasteiger partial charge in [-0.2, -0.15) is 0 Å². The standard InChI is InChI=1S/C16H25NO/c1-12-7-8-15-13(10-12)11-14(18-15)6-5-9-17-16(2,3)4/h7-8,10,14,17H,5-6,9,11H2,1-4H3.